The van der Waals surface area contributed by atoms with Gasteiger partial charge in [-0.1, -0.05) is 46.6 Å². The number of nitrogens with one attached hydrogen (secondary N) is 1. The first-order valence-corrected chi connectivity index (χ1v) is 12.2. The topological polar surface area (TPSA) is 45.2 Å². The molecule has 5 heteroatoms. The van der Waals surface area contributed by atoms with Crippen LogP contribution in [-0.2, 0) is 6.54 Å². The number of benzene rings is 3. The van der Waals surface area contributed by atoms with Crippen LogP contribution in [0.2, 0.25) is 0 Å². The number of amides is 1. The maximum absolute atomic E-state index is 12.6. The zero-order valence-electron chi connectivity index (χ0n) is 18.4. The lowest BCUT2D eigenvalue weighted by Gasteiger charge is -2.26. The highest BCUT2D eigenvalue weighted by atomic mass is 79.9. The van der Waals surface area contributed by atoms with Crippen molar-refractivity contribution in [2.45, 2.75) is 25.8 Å². The molecule has 4 aromatic rings. The third-order valence-electron chi connectivity index (χ3n) is 6.13. The monoisotopic (exact) mass is 499 g/mol. The molecular weight excluding hydrogens is 474 g/mol. The van der Waals surface area contributed by atoms with Gasteiger partial charge in [0, 0.05) is 33.2 Å². The summed E-state index contributed by atoms with van der Waals surface area (Å²) in [6.07, 6.45) is 3.97. The van der Waals surface area contributed by atoms with E-state index < -0.39 is 0 Å². The Bertz CT molecular complexity index is 1280. The quantitative estimate of drug-likeness (QED) is 0.324. The first-order valence-electron chi connectivity index (χ1n) is 11.4. The van der Waals surface area contributed by atoms with Gasteiger partial charge in [0.25, 0.3) is 5.91 Å². The Kier molecular flexibility index (Phi) is 6.51. The summed E-state index contributed by atoms with van der Waals surface area (Å²) < 4.78 is 0.946. The Labute approximate surface area is 202 Å². The smallest absolute Gasteiger partial charge is 0.255 e. The van der Waals surface area contributed by atoms with Gasteiger partial charge in [0.05, 0.1) is 11.2 Å². The Morgan fingerprint density at radius 3 is 2.55 bits per heavy atom. The number of hydrogen-bond donors (Lipinski definition) is 1. The number of nitrogens with zero attached hydrogens (tertiary/aromatic N) is 2. The molecule has 1 aromatic heterocycles. The van der Waals surface area contributed by atoms with Crippen molar-refractivity contribution in [2.75, 3.05) is 18.4 Å². The molecule has 1 N–H and O–H groups in total. The number of rotatable bonds is 5. The third kappa shape index (κ3) is 5.32. The number of carbonyl (C=O) groups excluding carboxylic acids is 1. The van der Waals surface area contributed by atoms with Crippen LogP contribution in [0, 0.1) is 0 Å². The molecule has 0 saturated carbocycles. The van der Waals surface area contributed by atoms with Crippen molar-refractivity contribution in [3.8, 4) is 11.3 Å². The van der Waals surface area contributed by atoms with Crippen LogP contribution in [0.5, 0.6) is 0 Å². The number of likely N-dealkylation sites (tertiary alicyclic amines) is 1. The van der Waals surface area contributed by atoms with Crippen LogP contribution in [0.3, 0.4) is 0 Å². The van der Waals surface area contributed by atoms with Gasteiger partial charge in [0.1, 0.15) is 0 Å². The van der Waals surface area contributed by atoms with Crippen molar-refractivity contribution in [3.05, 3.63) is 94.5 Å². The number of carbonyl (C=O) groups is 1. The minimum atomic E-state index is -0.132. The Hall–Kier alpha value is -3.02. The first kappa shape index (κ1) is 21.8. The molecule has 1 amide bonds. The van der Waals surface area contributed by atoms with E-state index in [1.165, 1.54) is 37.9 Å². The SMILES string of the molecule is O=C(Nc1cccc(-c2ccc3cc(CN4CCCCC4)ccc3n2)c1)c1ccc(Br)cc1. The summed E-state index contributed by atoms with van der Waals surface area (Å²) >= 11 is 3.40. The Morgan fingerprint density at radius 2 is 1.73 bits per heavy atom. The van der Waals surface area contributed by atoms with E-state index in [2.05, 4.69) is 56.5 Å². The third-order valence-corrected chi connectivity index (χ3v) is 6.66. The molecule has 0 radical (unpaired) electrons. The van der Waals surface area contributed by atoms with E-state index in [0.29, 0.717) is 5.56 Å². The lowest BCUT2D eigenvalue weighted by Crippen LogP contribution is -2.29. The summed E-state index contributed by atoms with van der Waals surface area (Å²) in [5.41, 5.74) is 5.57. The van der Waals surface area contributed by atoms with Crippen LogP contribution in [0.4, 0.5) is 5.69 Å². The van der Waals surface area contributed by atoms with Crippen molar-refractivity contribution in [3.63, 3.8) is 0 Å². The standard InChI is InChI=1S/C28H26BrN3O/c29-24-11-8-21(9-12-24)28(33)30-25-6-4-5-22(18-25)27-14-10-23-17-20(7-13-26(23)31-27)19-32-15-2-1-3-16-32/h4-14,17-18H,1-3,15-16,19H2,(H,30,33). The maximum atomic E-state index is 12.6. The summed E-state index contributed by atoms with van der Waals surface area (Å²) in [5.74, 6) is -0.132. The summed E-state index contributed by atoms with van der Waals surface area (Å²) in [6, 6.07) is 25.9. The maximum Gasteiger partial charge on any atom is 0.255 e. The van der Waals surface area contributed by atoms with Gasteiger partial charge < -0.3 is 5.32 Å². The van der Waals surface area contributed by atoms with E-state index >= 15 is 0 Å². The van der Waals surface area contributed by atoms with Crippen molar-refractivity contribution in [2.24, 2.45) is 0 Å². The van der Waals surface area contributed by atoms with Gasteiger partial charge in [-0.2, -0.15) is 0 Å². The first-order chi connectivity index (χ1) is 16.1. The van der Waals surface area contributed by atoms with Gasteiger partial charge in [0.2, 0.25) is 0 Å². The molecule has 0 aliphatic carbocycles. The van der Waals surface area contributed by atoms with Crippen LogP contribution >= 0.6 is 15.9 Å². The van der Waals surface area contributed by atoms with Crippen LogP contribution in [0.15, 0.2) is 83.3 Å². The average Bonchev–Trinajstić information content (AvgIpc) is 2.85. The van der Waals surface area contributed by atoms with Crippen molar-refractivity contribution < 1.29 is 4.79 Å². The molecular formula is C28H26BrN3O. The minimum Gasteiger partial charge on any atom is -0.322 e. The van der Waals surface area contributed by atoms with Crippen LogP contribution in [0.25, 0.3) is 22.2 Å². The summed E-state index contributed by atoms with van der Waals surface area (Å²) in [7, 11) is 0. The molecule has 1 aliphatic rings. The van der Waals surface area contributed by atoms with Gasteiger partial charge in [-0.05, 0) is 86.1 Å². The lowest BCUT2D eigenvalue weighted by molar-refractivity contribution is 0.102. The summed E-state index contributed by atoms with van der Waals surface area (Å²) in [4.78, 5) is 20.0. The number of hydrogen-bond acceptors (Lipinski definition) is 3. The molecule has 0 spiro atoms. The number of pyridine rings is 1. The number of fused-ring (bicyclic) bond motifs is 1. The van der Waals surface area contributed by atoms with E-state index in [0.717, 1.165) is 38.9 Å². The van der Waals surface area contributed by atoms with E-state index in [1.54, 1.807) is 12.1 Å². The van der Waals surface area contributed by atoms with Gasteiger partial charge in [-0.3, -0.25) is 9.69 Å². The minimum absolute atomic E-state index is 0.132. The predicted molar refractivity (Wildman–Crippen MR) is 138 cm³/mol. The molecule has 1 fully saturated rings. The molecule has 2 heterocycles. The molecule has 1 aliphatic heterocycles. The summed E-state index contributed by atoms with van der Waals surface area (Å²) in [6.45, 7) is 3.41. The molecule has 0 atom stereocenters. The van der Waals surface area contributed by atoms with E-state index in [-0.39, 0.29) is 5.91 Å². The Morgan fingerprint density at radius 1 is 0.909 bits per heavy atom. The number of piperidine rings is 1. The van der Waals surface area contributed by atoms with Gasteiger partial charge in [-0.15, -0.1) is 0 Å². The molecule has 1 saturated heterocycles. The number of halogens is 1. The van der Waals surface area contributed by atoms with E-state index in [4.69, 9.17) is 4.98 Å². The second-order valence-electron chi connectivity index (χ2n) is 8.60. The second kappa shape index (κ2) is 9.86. The molecule has 166 valence electrons. The second-order valence-corrected chi connectivity index (χ2v) is 9.52. The highest BCUT2D eigenvalue weighted by molar-refractivity contribution is 9.10. The average molecular weight is 500 g/mol. The van der Waals surface area contributed by atoms with Crippen LogP contribution < -0.4 is 5.32 Å². The van der Waals surface area contributed by atoms with Crippen LogP contribution in [-0.4, -0.2) is 28.9 Å². The fourth-order valence-electron chi connectivity index (χ4n) is 4.37. The van der Waals surface area contributed by atoms with Crippen molar-refractivity contribution in [1.29, 1.82) is 0 Å². The van der Waals surface area contributed by atoms with Crippen LogP contribution in [0.1, 0.15) is 35.2 Å². The predicted octanol–water partition coefficient (Wildman–Crippen LogP) is 6.90. The normalized spacial score (nSPS) is 14.3. The highest BCUT2D eigenvalue weighted by Gasteiger charge is 2.11. The number of aromatic nitrogens is 1. The van der Waals surface area contributed by atoms with Crippen molar-refractivity contribution in [1.82, 2.24) is 9.88 Å². The molecule has 0 unspecified atom stereocenters. The highest BCUT2D eigenvalue weighted by Crippen LogP contribution is 2.25. The van der Waals surface area contributed by atoms with Crippen molar-refractivity contribution >= 4 is 38.4 Å². The van der Waals surface area contributed by atoms with Gasteiger partial charge >= 0.3 is 0 Å². The summed E-state index contributed by atoms with van der Waals surface area (Å²) in [5, 5.41) is 4.14. The Balaban J connectivity index is 1.33. The van der Waals surface area contributed by atoms with Gasteiger partial charge in [0.15, 0.2) is 0 Å². The molecule has 3 aromatic carbocycles. The zero-order valence-corrected chi connectivity index (χ0v) is 20.0. The fourth-order valence-corrected chi connectivity index (χ4v) is 4.64. The molecule has 4 nitrogen and oxygen atoms in total. The number of anilines is 1. The zero-order chi connectivity index (χ0) is 22.6. The van der Waals surface area contributed by atoms with Gasteiger partial charge in [-0.25, -0.2) is 4.98 Å². The lowest BCUT2D eigenvalue weighted by atomic mass is 10.1. The molecule has 5 rings (SSSR count). The van der Waals surface area contributed by atoms with E-state index in [9.17, 15) is 4.79 Å². The molecule has 33 heavy (non-hydrogen) atoms. The van der Waals surface area contributed by atoms with E-state index in [1.807, 2.05) is 36.4 Å². The fraction of sp³-hybridized carbons (Fsp3) is 0.214. The largest absolute Gasteiger partial charge is 0.322 e. The molecule has 0 bridgehead atoms.